The largest absolute Gasteiger partial charge is 0.458 e. The third-order valence-corrected chi connectivity index (χ3v) is 6.71. The highest BCUT2D eigenvalue weighted by Crippen LogP contribution is 2.31. The lowest BCUT2D eigenvalue weighted by Gasteiger charge is -2.32. The Morgan fingerprint density at radius 1 is 1.28 bits per heavy atom. The number of aliphatic hydroxyl groups excluding tert-OH is 1. The molecule has 3 aromatic heterocycles. The lowest BCUT2D eigenvalue weighted by atomic mass is 10.0. The van der Waals surface area contributed by atoms with E-state index >= 15 is 0 Å². The molecule has 3 N–H and O–H groups in total. The number of nitrogens with one attached hydrogen (secondary N) is 2. The number of amides is 2. The van der Waals surface area contributed by atoms with Crippen LogP contribution in [0, 0.1) is 12.7 Å². The Hall–Kier alpha value is -4.58. The van der Waals surface area contributed by atoms with Crippen LogP contribution in [-0.4, -0.2) is 60.8 Å². The Labute approximate surface area is 223 Å². The maximum absolute atomic E-state index is 14.7. The molecule has 4 aromatic rings. The summed E-state index contributed by atoms with van der Waals surface area (Å²) in [6.07, 6.45) is 2.96. The number of fused-ring (bicyclic) bond motifs is 1. The van der Waals surface area contributed by atoms with E-state index in [0.29, 0.717) is 18.0 Å². The van der Waals surface area contributed by atoms with Crippen molar-refractivity contribution < 1.29 is 23.5 Å². The molecule has 1 aliphatic rings. The van der Waals surface area contributed by atoms with Crippen molar-refractivity contribution in [2.45, 2.75) is 32.4 Å². The van der Waals surface area contributed by atoms with E-state index in [4.69, 9.17) is 4.42 Å². The number of furan rings is 1. The highest BCUT2D eigenvalue weighted by Gasteiger charge is 2.35. The zero-order chi connectivity index (χ0) is 27.7. The summed E-state index contributed by atoms with van der Waals surface area (Å²) in [4.78, 5) is 36.1. The molecule has 2 amide bonds. The Kier molecular flexibility index (Phi) is 7.11. The van der Waals surface area contributed by atoms with Crippen LogP contribution in [-0.2, 0) is 18.3 Å². The molecule has 0 spiro atoms. The van der Waals surface area contributed by atoms with E-state index in [1.54, 1.807) is 30.9 Å². The van der Waals surface area contributed by atoms with Gasteiger partial charge in [-0.25, -0.2) is 14.4 Å². The molecule has 0 unspecified atom stereocenters. The highest BCUT2D eigenvalue weighted by molar-refractivity contribution is 6.00. The summed E-state index contributed by atoms with van der Waals surface area (Å²) in [5, 5.41) is 19.7. The minimum Gasteiger partial charge on any atom is -0.458 e. The standard InChI is InChI=1S/C27H28FN7O4/c1-15-5-4-6-17(11-15)20(14-36)31-25(37)16(2)35-10-8-21-18(26(35)38)12-22(39-21)24-19(28)13-29-27(33-24)32-23-7-9-30-34(23)3/h4-7,9,11-13,16,20,36H,8,10,14H2,1-3H3,(H,31,37)(H,29,32,33)/t16-,20-/m1/s1. The van der Waals surface area contributed by atoms with Crippen molar-refractivity contribution in [3.8, 4) is 11.5 Å². The van der Waals surface area contributed by atoms with Gasteiger partial charge in [0.25, 0.3) is 5.91 Å². The van der Waals surface area contributed by atoms with Crippen LogP contribution in [0.25, 0.3) is 11.5 Å². The van der Waals surface area contributed by atoms with E-state index < -0.39 is 29.7 Å². The Morgan fingerprint density at radius 3 is 2.82 bits per heavy atom. The smallest absolute Gasteiger partial charge is 0.258 e. The molecule has 0 fully saturated rings. The normalized spacial score (nSPS) is 14.6. The molecule has 4 heterocycles. The van der Waals surface area contributed by atoms with Crippen molar-refractivity contribution >= 4 is 23.6 Å². The number of hydrogen-bond acceptors (Lipinski definition) is 8. The maximum atomic E-state index is 14.7. The average Bonchev–Trinajstić information content (AvgIpc) is 3.54. The maximum Gasteiger partial charge on any atom is 0.258 e. The summed E-state index contributed by atoms with van der Waals surface area (Å²) in [7, 11) is 1.73. The number of anilines is 2. The monoisotopic (exact) mass is 533 g/mol. The predicted octanol–water partition coefficient (Wildman–Crippen LogP) is 2.90. The molecule has 0 aliphatic carbocycles. The molecule has 39 heavy (non-hydrogen) atoms. The number of rotatable bonds is 8. The zero-order valence-electron chi connectivity index (χ0n) is 21.7. The van der Waals surface area contributed by atoms with Gasteiger partial charge in [-0.1, -0.05) is 29.8 Å². The van der Waals surface area contributed by atoms with Crippen LogP contribution < -0.4 is 10.6 Å². The molecule has 11 nitrogen and oxygen atoms in total. The topological polar surface area (TPSA) is 138 Å². The van der Waals surface area contributed by atoms with E-state index in [1.165, 1.54) is 11.0 Å². The van der Waals surface area contributed by atoms with Crippen molar-refractivity contribution in [1.82, 2.24) is 30.0 Å². The Balaban J connectivity index is 1.33. The van der Waals surface area contributed by atoms with Crippen molar-refractivity contribution in [2.24, 2.45) is 7.05 Å². The SMILES string of the molecule is Cc1cccc([C@@H](CO)NC(=O)[C@@H](C)N2CCc3oc(-c4nc(Nc5ccnn5C)ncc4F)cc3C2=O)c1. The fourth-order valence-corrected chi connectivity index (χ4v) is 4.53. The number of aliphatic hydroxyl groups is 1. The molecule has 0 radical (unpaired) electrons. The Morgan fingerprint density at radius 2 is 2.10 bits per heavy atom. The molecular formula is C27H28FN7O4. The van der Waals surface area contributed by atoms with Gasteiger partial charge in [0.2, 0.25) is 11.9 Å². The first-order chi connectivity index (χ1) is 18.7. The number of nitrogens with zero attached hydrogens (tertiary/aromatic N) is 5. The summed E-state index contributed by atoms with van der Waals surface area (Å²) in [6, 6.07) is 9.24. The second-order valence-corrected chi connectivity index (χ2v) is 9.39. The first-order valence-corrected chi connectivity index (χ1v) is 12.4. The summed E-state index contributed by atoms with van der Waals surface area (Å²) in [5.41, 5.74) is 1.92. The second kappa shape index (κ2) is 10.7. The zero-order valence-corrected chi connectivity index (χ0v) is 21.7. The number of hydrogen-bond donors (Lipinski definition) is 3. The minimum atomic E-state index is -0.812. The highest BCUT2D eigenvalue weighted by atomic mass is 19.1. The van der Waals surface area contributed by atoms with Crippen LogP contribution >= 0.6 is 0 Å². The van der Waals surface area contributed by atoms with Crippen LogP contribution in [0.2, 0.25) is 0 Å². The summed E-state index contributed by atoms with van der Waals surface area (Å²) in [5.74, 6) is -0.299. The van der Waals surface area contributed by atoms with Gasteiger partial charge in [0, 0.05) is 26.1 Å². The van der Waals surface area contributed by atoms with E-state index in [9.17, 15) is 19.1 Å². The number of benzene rings is 1. The van der Waals surface area contributed by atoms with Crippen LogP contribution in [0.15, 0.2) is 53.2 Å². The molecule has 0 saturated carbocycles. The molecule has 1 aliphatic heterocycles. The summed E-state index contributed by atoms with van der Waals surface area (Å²) >= 11 is 0. The number of aromatic nitrogens is 4. The van der Waals surface area contributed by atoms with Crippen LogP contribution in [0.5, 0.6) is 0 Å². The molecule has 202 valence electrons. The van der Waals surface area contributed by atoms with E-state index in [-0.39, 0.29) is 36.1 Å². The fraction of sp³-hybridized carbons (Fsp3) is 0.296. The second-order valence-electron chi connectivity index (χ2n) is 9.39. The van der Waals surface area contributed by atoms with Gasteiger partial charge in [0.1, 0.15) is 23.3 Å². The predicted molar refractivity (Wildman–Crippen MR) is 140 cm³/mol. The van der Waals surface area contributed by atoms with Gasteiger partial charge >= 0.3 is 0 Å². The lowest BCUT2D eigenvalue weighted by Crippen LogP contribution is -2.51. The van der Waals surface area contributed by atoms with Crippen LogP contribution in [0.4, 0.5) is 16.2 Å². The molecule has 12 heteroatoms. The van der Waals surface area contributed by atoms with Crippen LogP contribution in [0.3, 0.4) is 0 Å². The quantitative estimate of drug-likeness (QED) is 0.314. The number of halogens is 1. The first kappa shape index (κ1) is 26.0. The molecule has 0 bridgehead atoms. The van der Waals surface area contributed by atoms with E-state index in [0.717, 1.165) is 17.3 Å². The van der Waals surface area contributed by atoms with Gasteiger partial charge < -0.3 is 25.1 Å². The fourth-order valence-electron chi connectivity index (χ4n) is 4.53. The van der Waals surface area contributed by atoms with Gasteiger partial charge in [0.05, 0.1) is 30.6 Å². The third kappa shape index (κ3) is 5.23. The number of carbonyl (C=O) groups excluding carboxylic acids is 2. The van der Waals surface area contributed by atoms with Gasteiger partial charge in [-0.2, -0.15) is 5.10 Å². The van der Waals surface area contributed by atoms with Gasteiger partial charge in [-0.3, -0.25) is 14.3 Å². The van der Waals surface area contributed by atoms with Gasteiger partial charge in [-0.15, -0.1) is 0 Å². The van der Waals surface area contributed by atoms with Crippen LogP contribution in [0.1, 0.15) is 40.2 Å². The van der Waals surface area contributed by atoms with Crippen molar-refractivity contribution in [1.29, 1.82) is 0 Å². The van der Waals surface area contributed by atoms with Gasteiger partial charge in [0.15, 0.2) is 11.6 Å². The number of aryl methyl sites for hydroxylation is 2. The molecule has 5 rings (SSSR count). The van der Waals surface area contributed by atoms with E-state index in [1.807, 2.05) is 31.2 Å². The third-order valence-electron chi connectivity index (χ3n) is 6.71. The first-order valence-electron chi connectivity index (χ1n) is 12.4. The Bertz CT molecular complexity index is 1530. The van der Waals surface area contributed by atoms with E-state index in [2.05, 4.69) is 25.7 Å². The van der Waals surface area contributed by atoms with Gasteiger partial charge in [-0.05, 0) is 25.5 Å². The lowest BCUT2D eigenvalue weighted by molar-refractivity contribution is -0.126. The minimum absolute atomic E-state index is 0.0834. The summed E-state index contributed by atoms with van der Waals surface area (Å²) < 4.78 is 22.1. The van der Waals surface area contributed by atoms with Crippen molar-refractivity contribution in [3.63, 3.8) is 0 Å². The van der Waals surface area contributed by atoms with Crippen molar-refractivity contribution in [2.75, 3.05) is 18.5 Å². The molecular weight excluding hydrogens is 505 g/mol. The van der Waals surface area contributed by atoms with Crippen molar-refractivity contribution in [3.05, 3.63) is 77.1 Å². The average molecular weight is 534 g/mol. The number of carbonyl (C=O) groups is 2. The molecule has 2 atom stereocenters. The molecule has 0 saturated heterocycles. The summed E-state index contributed by atoms with van der Waals surface area (Å²) in [6.45, 7) is 3.51. The molecule has 1 aromatic carbocycles.